The normalized spacial score (nSPS) is 16.4. The van der Waals surface area contributed by atoms with Crippen molar-refractivity contribution in [3.63, 3.8) is 0 Å². The molecule has 0 radical (unpaired) electrons. The molecular weight excluding hydrogens is 307 g/mol. The molecule has 0 spiro atoms. The van der Waals surface area contributed by atoms with Crippen molar-refractivity contribution in [2.45, 2.75) is 31.5 Å². The van der Waals surface area contributed by atoms with E-state index in [1.54, 1.807) is 23.5 Å². The molecular formula is C16H18ClFN2S. The molecule has 1 aromatic heterocycles. The Bertz CT molecular complexity index is 578. The van der Waals surface area contributed by atoms with Crippen LogP contribution in [0.4, 0.5) is 4.39 Å². The van der Waals surface area contributed by atoms with Crippen LogP contribution in [0.5, 0.6) is 0 Å². The van der Waals surface area contributed by atoms with Crippen molar-refractivity contribution >= 4 is 22.9 Å². The molecule has 2 N–H and O–H groups in total. The van der Waals surface area contributed by atoms with Crippen LogP contribution in [0.1, 0.15) is 30.0 Å². The second-order valence-electron chi connectivity index (χ2n) is 5.42. The Morgan fingerprint density at radius 1 is 1.38 bits per heavy atom. The molecule has 0 aliphatic heterocycles. The maximum Gasteiger partial charge on any atom is 0.129 e. The molecule has 1 aliphatic carbocycles. The van der Waals surface area contributed by atoms with Crippen molar-refractivity contribution in [2.24, 2.45) is 5.73 Å². The summed E-state index contributed by atoms with van der Waals surface area (Å²) in [5.41, 5.74) is 7.75. The fourth-order valence-corrected chi connectivity index (χ4v) is 3.69. The zero-order chi connectivity index (χ0) is 14.8. The maximum absolute atomic E-state index is 14.2. The SMILES string of the molecule is NCC(c1c(F)cccc1Cl)N(Cc1ccsc1)C1CC1. The third kappa shape index (κ3) is 3.29. The Morgan fingerprint density at radius 3 is 2.76 bits per heavy atom. The predicted molar refractivity (Wildman–Crippen MR) is 86.1 cm³/mol. The standard InChI is InChI=1S/C16H18ClFN2S/c17-13-2-1-3-14(18)16(13)15(8-19)20(12-4-5-12)9-11-6-7-21-10-11/h1-3,6-7,10,12,15H,4-5,8-9,19H2. The highest BCUT2D eigenvalue weighted by atomic mass is 35.5. The van der Waals surface area contributed by atoms with E-state index in [1.807, 2.05) is 0 Å². The molecule has 1 aromatic carbocycles. The van der Waals surface area contributed by atoms with Crippen LogP contribution in [0.15, 0.2) is 35.0 Å². The smallest absolute Gasteiger partial charge is 0.129 e. The lowest BCUT2D eigenvalue weighted by molar-refractivity contribution is 0.178. The van der Waals surface area contributed by atoms with E-state index < -0.39 is 0 Å². The Balaban J connectivity index is 1.92. The van der Waals surface area contributed by atoms with Gasteiger partial charge in [-0.1, -0.05) is 17.7 Å². The van der Waals surface area contributed by atoms with Gasteiger partial charge in [-0.05, 0) is 47.4 Å². The summed E-state index contributed by atoms with van der Waals surface area (Å²) in [7, 11) is 0. The number of nitrogens with zero attached hydrogens (tertiary/aromatic N) is 1. The highest BCUT2D eigenvalue weighted by Crippen LogP contribution is 2.38. The van der Waals surface area contributed by atoms with Crippen LogP contribution in [0.3, 0.4) is 0 Å². The van der Waals surface area contributed by atoms with Gasteiger partial charge in [-0.25, -0.2) is 4.39 Å². The molecule has 5 heteroatoms. The second kappa shape index (κ2) is 6.44. The Kier molecular flexibility index (Phi) is 4.60. The van der Waals surface area contributed by atoms with Crippen molar-refractivity contribution in [3.8, 4) is 0 Å². The van der Waals surface area contributed by atoms with Crippen LogP contribution < -0.4 is 5.73 Å². The van der Waals surface area contributed by atoms with Crippen LogP contribution >= 0.6 is 22.9 Å². The molecule has 0 bridgehead atoms. The minimum atomic E-state index is -0.270. The molecule has 0 amide bonds. The van der Waals surface area contributed by atoms with Crippen molar-refractivity contribution in [1.29, 1.82) is 0 Å². The van der Waals surface area contributed by atoms with Crippen LogP contribution in [-0.2, 0) is 6.54 Å². The van der Waals surface area contributed by atoms with Gasteiger partial charge in [-0.3, -0.25) is 4.90 Å². The fourth-order valence-electron chi connectivity index (χ4n) is 2.74. The van der Waals surface area contributed by atoms with Gasteiger partial charge < -0.3 is 5.73 Å². The molecule has 2 nitrogen and oxygen atoms in total. The summed E-state index contributed by atoms with van der Waals surface area (Å²) in [6.07, 6.45) is 2.29. The fraction of sp³-hybridized carbons (Fsp3) is 0.375. The molecule has 1 fully saturated rings. The topological polar surface area (TPSA) is 29.3 Å². The monoisotopic (exact) mass is 324 g/mol. The summed E-state index contributed by atoms with van der Waals surface area (Å²) in [5, 5.41) is 4.65. The third-order valence-electron chi connectivity index (χ3n) is 3.92. The number of halogens is 2. The van der Waals surface area contributed by atoms with Gasteiger partial charge in [-0.2, -0.15) is 11.3 Å². The summed E-state index contributed by atoms with van der Waals surface area (Å²) in [5.74, 6) is -0.270. The lowest BCUT2D eigenvalue weighted by Crippen LogP contribution is -2.35. The van der Waals surface area contributed by atoms with E-state index in [-0.39, 0.29) is 11.9 Å². The number of benzene rings is 1. The van der Waals surface area contributed by atoms with Gasteiger partial charge in [0.05, 0.1) is 6.04 Å². The van der Waals surface area contributed by atoms with E-state index in [4.69, 9.17) is 17.3 Å². The Labute approximate surface area is 133 Å². The minimum Gasteiger partial charge on any atom is -0.329 e. The molecule has 112 valence electrons. The van der Waals surface area contributed by atoms with Gasteiger partial charge >= 0.3 is 0 Å². The summed E-state index contributed by atoms with van der Waals surface area (Å²) in [6, 6.07) is 7.24. The van der Waals surface area contributed by atoms with Gasteiger partial charge in [0.25, 0.3) is 0 Å². The Morgan fingerprint density at radius 2 is 2.19 bits per heavy atom. The molecule has 21 heavy (non-hydrogen) atoms. The highest BCUT2D eigenvalue weighted by Gasteiger charge is 2.35. The van der Waals surface area contributed by atoms with E-state index >= 15 is 0 Å². The first-order valence-electron chi connectivity index (χ1n) is 7.11. The maximum atomic E-state index is 14.2. The zero-order valence-electron chi connectivity index (χ0n) is 11.6. The Hall–Kier alpha value is -0.940. The number of hydrogen-bond acceptors (Lipinski definition) is 3. The van der Waals surface area contributed by atoms with E-state index in [0.29, 0.717) is 23.2 Å². The van der Waals surface area contributed by atoms with E-state index in [1.165, 1.54) is 11.6 Å². The summed E-state index contributed by atoms with van der Waals surface area (Å²) in [6.45, 7) is 1.15. The van der Waals surface area contributed by atoms with Crippen LogP contribution in [0.2, 0.25) is 5.02 Å². The van der Waals surface area contributed by atoms with Crippen molar-refractivity contribution in [2.75, 3.05) is 6.54 Å². The first-order chi connectivity index (χ1) is 10.2. The zero-order valence-corrected chi connectivity index (χ0v) is 13.2. The van der Waals surface area contributed by atoms with Crippen molar-refractivity contribution in [3.05, 3.63) is 57.0 Å². The van der Waals surface area contributed by atoms with Gasteiger partial charge in [0.15, 0.2) is 0 Å². The molecule has 0 saturated heterocycles. The molecule has 1 saturated carbocycles. The number of nitrogens with two attached hydrogens (primary N) is 1. The van der Waals surface area contributed by atoms with Gasteiger partial charge in [0.2, 0.25) is 0 Å². The minimum absolute atomic E-state index is 0.175. The molecule has 2 aromatic rings. The van der Waals surface area contributed by atoms with Crippen LogP contribution in [0, 0.1) is 5.82 Å². The lowest BCUT2D eigenvalue weighted by Gasteiger charge is -2.32. The second-order valence-corrected chi connectivity index (χ2v) is 6.61. The van der Waals surface area contributed by atoms with Crippen molar-refractivity contribution < 1.29 is 4.39 Å². The lowest BCUT2D eigenvalue weighted by atomic mass is 10.0. The van der Waals surface area contributed by atoms with Crippen LogP contribution in [-0.4, -0.2) is 17.5 Å². The predicted octanol–water partition coefficient (Wildman–Crippen LogP) is 4.21. The van der Waals surface area contributed by atoms with E-state index in [2.05, 4.69) is 21.7 Å². The average molecular weight is 325 g/mol. The summed E-state index contributed by atoms with van der Waals surface area (Å²) < 4.78 is 14.2. The summed E-state index contributed by atoms with van der Waals surface area (Å²) >= 11 is 7.91. The molecule has 3 rings (SSSR count). The van der Waals surface area contributed by atoms with Gasteiger partial charge in [0.1, 0.15) is 5.82 Å². The van der Waals surface area contributed by atoms with Crippen LogP contribution in [0.25, 0.3) is 0 Å². The first kappa shape index (κ1) is 15.0. The number of rotatable bonds is 6. The van der Waals surface area contributed by atoms with Gasteiger partial charge in [-0.15, -0.1) is 0 Å². The summed E-state index contributed by atoms with van der Waals surface area (Å²) in [4.78, 5) is 2.30. The number of thiophene rings is 1. The number of hydrogen-bond donors (Lipinski definition) is 1. The van der Waals surface area contributed by atoms with E-state index in [0.717, 1.165) is 19.4 Å². The average Bonchev–Trinajstić information content (AvgIpc) is 3.18. The highest BCUT2D eigenvalue weighted by molar-refractivity contribution is 7.07. The molecule has 1 aliphatic rings. The molecule has 1 heterocycles. The van der Waals surface area contributed by atoms with Crippen molar-refractivity contribution in [1.82, 2.24) is 4.90 Å². The molecule has 1 atom stereocenters. The third-order valence-corrected chi connectivity index (χ3v) is 4.98. The first-order valence-corrected chi connectivity index (χ1v) is 8.43. The largest absolute Gasteiger partial charge is 0.329 e. The van der Waals surface area contributed by atoms with Gasteiger partial charge in [0, 0.05) is 29.7 Å². The molecule has 1 unspecified atom stereocenters. The van der Waals surface area contributed by atoms with E-state index in [9.17, 15) is 4.39 Å². The quantitative estimate of drug-likeness (QED) is 0.862.